The van der Waals surface area contributed by atoms with E-state index in [9.17, 15) is 4.39 Å². The summed E-state index contributed by atoms with van der Waals surface area (Å²) in [6, 6.07) is 6.30. The van der Waals surface area contributed by atoms with Gasteiger partial charge in [0.15, 0.2) is 5.82 Å². The van der Waals surface area contributed by atoms with Crippen LogP contribution in [0.15, 0.2) is 36.7 Å². The molecule has 0 atom stereocenters. The van der Waals surface area contributed by atoms with Gasteiger partial charge in [-0.3, -0.25) is 4.98 Å². The molecule has 0 aliphatic rings. The van der Waals surface area contributed by atoms with Crippen molar-refractivity contribution in [3.05, 3.63) is 48.2 Å². The molecular formula is C16H21FN4. The van der Waals surface area contributed by atoms with Crippen molar-refractivity contribution in [1.82, 2.24) is 15.3 Å². The summed E-state index contributed by atoms with van der Waals surface area (Å²) < 4.78 is 12.9. The summed E-state index contributed by atoms with van der Waals surface area (Å²) in [5.74, 6) is 1.10. The zero-order valence-corrected chi connectivity index (χ0v) is 12.7. The highest BCUT2D eigenvalue weighted by Crippen LogP contribution is 2.20. The highest BCUT2D eigenvalue weighted by molar-refractivity contribution is 5.57. The molecule has 0 radical (unpaired) electrons. The third-order valence-corrected chi connectivity index (χ3v) is 3.11. The Morgan fingerprint density at radius 2 is 1.86 bits per heavy atom. The molecule has 0 saturated carbocycles. The second-order valence-electron chi connectivity index (χ2n) is 5.43. The van der Waals surface area contributed by atoms with E-state index >= 15 is 0 Å². The van der Waals surface area contributed by atoms with E-state index < -0.39 is 0 Å². The molecule has 4 nitrogen and oxygen atoms in total. The minimum absolute atomic E-state index is 0.246. The summed E-state index contributed by atoms with van der Waals surface area (Å²) in [7, 11) is 1.88. The van der Waals surface area contributed by atoms with Crippen molar-refractivity contribution in [3.8, 4) is 0 Å². The number of halogens is 1. The number of hydrogen-bond acceptors (Lipinski definition) is 4. The van der Waals surface area contributed by atoms with Gasteiger partial charge in [0.25, 0.3) is 0 Å². The minimum Gasteiger partial charge on any atom is -0.328 e. The molecule has 5 heteroatoms. The number of rotatable bonds is 6. The van der Waals surface area contributed by atoms with Gasteiger partial charge in [-0.15, -0.1) is 0 Å². The second kappa shape index (κ2) is 7.13. The van der Waals surface area contributed by atoms with E-state index in [0.29, 0.717) is 12.5 Å². The highest BCUT2D eigenvalue weighted by atomic mass is 19.1. The lowest BCUT2D eigenvalue weighted by molar-refractivity contribution is 0.547. The van der Waals surface area contributed by atoms with Crippen molar-refractivity contribution in [3.63, 3.8) is 0 Å². The molecule has 1 N–H and O–H groups in total. The summed E-state index contributed by atoms with van der Waals surface area (Å²) in [4.78, 5) is 10.7. The third-order valence-electron chi connectivity index (χ3n) is 3.11. The van der Waals surface area contributed by atoms with Crippen LogP contribution in [0.5, 0.6) is 0 Å². The van der Waals surface area contributed by atoms with Gasteiger partial charge in [0.1, 0.15) is 5.82 Å². The molecule has 0 fully saturated rings. The van der Waals surface area contributed by atoms with Gasteiger partial charge in [0, 0.05) is 19.3 Å². The monoisotopic (exact) mass is 288 g/mol. The number of hydrogen-bond donors (Lipinski definition) is 1. The average Bonchev–Trinajstić information content (AvgIpc) is 2.48. The molecule has 0 aliphatic heterocycles. The van der Waals surface area contributed by atoms with Crippen LogP contribution < -0.4 is 10.2 Å². The third kappa shape index (κ3) is 4.49. The Labute approximate surface area is 125 Å². The van der Waals surface area contributed by atoms with E-state index in [1.165, 1.54) is 12.1 Å². The van der Waals surface area contributed by atoms with E-state index in [1.807, 2.05) is 11.9 Å². The van der Waals surface area contributed by atoms with E-state index in [-0.39, 0.29) is 5.82 Å². The van der Waals surface area contributed by atoms with Crippen molar-refractivity contribution >= 4 is 11.5 Å². The Hall–Kier alpha value is -2.01. The fourth-order valence-electron chi connectivity index (χ4n) is 1.90. The maximum absolute atomic E-state index is 12.9. The molecule has 0 saturated heterocycles. The van der Waals surface area contributed by atoms with Crippen molar-refractivity contribution in [1.29, 1.82) is 0 Å². The molecule has 0 aliphatic carbocycles. The van der Waals surface area contributed by atoms with Crippen LogP contribution in [0.4, 0.5) is 15.9 Å². The number of anilines is 2. The molecule has 0 bridgehead atoms. The molecule has 1 aromatic heterocycles. The topological polar surface area (TPSA) is 41.1 Å². The van der Waals surface area contributed by atoms with Gasteiger partial charge in [-0.2, -0.15) is 0 Å². The van der Waals surface area contributed by atoms with Crippen LogP contribution in [-0.2, 0) is 6.54 Å². The van der Waals surface area contributed by atoms with Crippen molar-refractivity contribution < 1.29 is 4.39 Å². The predicted molar refractivity (Wildman–Crippen MR) is 83.0 cm³/mol. The first-order valence-corrected chi connectivity index (χ1v) is 7.07. The van der Waals surface area contributed by atoms with Crippen LogP contribution in [-0.4, -0.2) is 23.6 Å². The van der Waals surface area contributed by atoms with Crippen LogP contribution in [0.25, 0.3) is 0 Å². The van der Waals surface area contributed by atoms with Gasteiger partial charge >= 0.3 is 0 Å². The first-order valence-electron chi connectivity index (χ1n) is 7.07. The summed E-state index contributed by atoms with van der Waals surface area (Å²) in [6.07, 6.45) is 3.50. The van der Waals surface area contributed by atoms with E-state index in [2.05, 4.69) is 29.1 Å². The molecular weight excluding hydrogens is 267 g/mol. The molecule has 2 aromatic rings. The average molecular weight is 288 g/mol. The molecule has 112 valence electrons. The lowest BCUT2D eigenvalue weighted by atomic mass is 10.2. The number of nitrogens with one attached hydrogen (secondary N) is 1. The van der Waals surface area contributed by atoms with Crippen LogP contribution in [0.1, 0.15) is 19.5 Å². The first kappa shape index (κ1) is 15.4. The molecule has 0 unspecified atom stereocenters. The zero-order valence-electron chi connectivity index (χ0n) is 12.7. The lowest BCUT2D eigenvalue weighted by Crippen LogP contribution is -2.20. The van der Waals surface area contributed by atoms with Crippen LogP contribution in [0, 0.1) is 11.7 Å². The van der Waals surface area contributed by atoms with Gasteiger partial charge < -0.3 is 10.2 Å². The molecule has 1 aromatic carbocycles. The largest absolute Gasteiger partial charge is 0.328 e. The Morgan fingerprint density at radius 1 is 1.14 bits per heavy atom. The van der Waals surface area contributed by atoms with E-state index in [4.69, 9.17) is 0 Å². The molecule has 2 rings (SSSR count). The number of benzene rings is 1. The van der Waals surface area contributed by atoms with Gasteiger partial charge in [-0.25, -0.2) is 9.37 Å². The lowest BCUT2D eigenvalue weighted by Gasteiger charge is -2.18. The Balaban J connectivity index is 1.99. The smallest absolute Gasteiger partial charge is 0.151 e. The molecule has 1 heterocycles. The van der Waals surface area contributed by atoms with Crippen LogP contribution in [0.3, 0.4) is 0 Å². The van der Waals surface area contributed by atoms with Crippen molar-refractivity contribution in [2.24, 2.45) is 5.92 Å². The SMILES string of the molecule is CC(C)CNCc1cnc(N(C)c2ccc(F)cc2)cn1. The highest BCUT2D eigenvalue weighted by Gasteiger charge is 2.06. The number of aromatic nitrogens is 2. The van der Waals surface area contributed by atoms with Crippen molar-refractivity contribution in [2.45, 2.75) is 20.4 Å². The molecule has 21 heavy (non-hydrogen) atoms. The minimum atomic E-state index is -0.246. The van der Waals surface area contributed by atoms with Crippen LogP contribution >= 0.6 is 0 Å². The van der Waals surface area contributed by atoms with Gasteiger partial charge in [0.2, 0.25) is 0 Å². The first-order chi connectivity index (χ1) is 10.1. The standard InChI is InChI=1S/C16H21FN4/c1-12(2)8-18-9-14-10-20-16(11-19-14)21(3)15-6-4-13(17)5-7-15/h4-7,10-12,18H,8-9H2,1-3H3. The van der Waals surface area contributed by atoms with Gasteiger partial charge in [-0.05, 0) is 36.7 Å². The summed E-state index contributed by atoms with van der Waals surface area (Å²) in [5.41, 5.74) is 1.78. The molecule has 0 amide bonds. The van der Waals surface area contributed by atoms with Crippen molar-refractivity contribution in [2.75, 3.05) is 18.5 Å². The Morgan fingerprint density at radius 3 is 2.43 bits per heavy atom. The van der Waals surface area contributed by atoms with E-state index in [0.717, 1.165) is 23.7 Å². The maximum Gasteiger partial charge on any atom is 0.151 e. The zero-order chi connectivity index (χ0) is 15.2. The summed E-state index contributed by atoms with van der Waals surface area (Å²) in [6.45, 7) is 6.00. The van der Waals surface area contributed by atoms with Gasteiger partial charge in [-0.1, -0.05) is 13.8 Å². The Bertz CT molecular complexity index is 551. The normalized spacial score (nSPS) is 10.9. The van der Waals surface area contributed by atoms with Crippen LogP contribution in [0.2, 0.25) is 0 Å². The fourth-order valence-corrected chi connectivity index (χ4v) is 1.90. The fraction of sp³-hybridized carbons (Fsp3) is 0.375. The summed E-state index contributed by atoms with van der Waals surface area (Å²) in [5, 5.41) is 3.33. The van der Waals surface area contributed by atoms with Gasteiger partial charge in [0.05, 0.1) is 18.1 Å². The quantitative estimate of drug-likeness (QED) is 0.886. The maximum atomic E-state index is 12.9. The number of nitrogens with zero attached hydrogens (tertiary/aromatic N) is 3. The van der Waals surface area contributed by atoms with E-state index in [1.54, 1.807) is 24.5 Å². The molecule has 0 spiro atoms. The Kier molecular flexibility index (Phi) is 5.22. The second-order valence-corrected chi connectivity index (χ2v) is 5.43. The summed E-state index contributed by atoms with van der Waals surface area (Å²) >= 11 is 0. The predicted octanol–water partition coefficient (Wildman–Crippen LogP) is 3.13.